The Morgan fingerprint density at radius 2 is 1.68 bits per heavy atom. The molecule has 2 unspecified atom stereocenters. The number of carbonyl (C=O) groups excluding carboxylic acids is 2. The van der Waals surface area contributed by atoms with Crippen molar-refractivity contribution in [2.24, 2.45) is 0 Å². The molecule has 2 aromatic carbocycles. The van der Waals surface area contributed by atoms with Crippen LogP contribution in [0.25, 0.3) is 0 Å². The van der Waals surface area contributed by atoms with Crippen LogP contribution in [0, 0.1) is 0 Å². The van der Waals surface area contributed by atoms with Gasteiger partial charge in [0, 0.05) is 36.3 Å². The van der Waals surface area contributed by atoms with Gasteiger partial charge < -0.3 is 15.7 Å². The number of hydrogen-bond donors (Lipinski definition) is 3. The van der Waals surface area contributed by atoms with E-state index in [1.54, 1.807) is 24.3 Å². The van der Waals surface area contributed by atoms with E-state index >= 15 is 0 Å². The summed E-state index contributed by atoms with van der Waals surface area (Å²) in [5.41, 5.74) is 3.01. The lowest BCUT2D eigenvalue weighted by molar-refractivity contribution is -0.111. The first-order chi connectivity index (χ1) is 13.4. The molecular weight excluding hydrogens is 352 g/mol. The molecule has 0 saturated carbocycles. The minimum atomic E-state index is -0.625. The summed E-state index contributed by atoms with van der Waals surface area (Å²) in [5, 5.41) is 16.3. The zero-order valence-corrected chi connectivity index (χ0v) is 16.6. The van der Waals surface area contributed by atoms with Crippen LogP contribution in [0.5, 0.6) is 0 Å². The van der Waals surface area contributed by atoms with Crippen molar-refractivity contribution in [1.82, 2.24) is 5.32 Å². The summed E-state index contributed by atoms with van der Waals surface area (Å²) in [4.78, 5) is 24.1. The van der Waals surface area contributed by atoms with Gasteiger partial charge in [-0.1, -0.05) is 35.9 Å². The molecule has 3 N–H and O–H groups in total. The quantitative estimate of drug-likeness (QED) is 0.456. The highest BCUT2D eigenvalue weighted by molar-refractivity contribution is 6.00. The molecule has 0 fully saturated rings. The Balaban J connectivity index is 1.81. The Bertz CT molecular complexity index is 810. The molecule has 5 nitrogen and oxygen atoms in total. The van der Waals surface area contributed by atoms with Crippen molar-refractivity contribution in [2.75, 3.05) is 11.9 Å². The van der Waals surface area contributed by atoms with Gasteiger partial charge in [-0.05, 0) is 50.6 Å². The number of aliphatic hydroxyl groups is 1. The second-order valence-electron chi connectivity index (χ2n) is 7.06. The van der Waals surface area contributed by atoms with E-state index in [9.17, 15) is 14.7 Å². The average Bonchev–Trinajstić information content (AvgIpc) is 2.67. The molecule has 2 atom stereocenters. The predicted molar refractivity (Wildman–Crippen MR) is 112 cm³/mol. The first-order valence-corrected chi connectivity index (χ1v) is 9.42. The number of nitrogens with one attached hydrogen (secondary N) is 2. The summed E-state index contributed by atoms with van der Waals surface area (Å²) in [5.74, 6) is -0.176. The third-order valence-corrected chi connectivity index (χ3v) is 4.33. The van der Waals surface area contributed by atoms with Crippen molar-refractivity contribution in [3.8, 4) is 0 Å². The maximum atomic E-state index is 12.3. The van der Waals surface area contributed by atoms with Crippen molar-refractivity contribution < 1.29 is 14.7 Å². The number of carbonyl (C=O) groups is 2. The largest absolute Gasteiger partial charge is 0.387 e. The van der Waals surface area contributed by atoms with Crippen LogP contribution in [-0.4, -0.2) is 29.4 Å². The van der Waals surface area contributed by atoms with Crippen LogP contribution in [0.1, 0.15) is 49.2 Å². The van der Waals surface area contributed by atoms with E-state index in [2.05, 4.69) is 10.6 Å². The van der Waals surface area contributed by atoms with Gasteiger partial charge in [-0.3, -0.25) is 9.59 Å². The fraction of sp³-hybridized carbons (Fsp3) is 0.304. The maximum Gasteiger partial charge on any atom is 0.248 e. The first kappa shape index (κ1) is 21.5. The highest BCUT2D eigenvalue weighted by Crippen LogP contribution is 2.16. The van der Waals surface area contributed by atoms with Crippen molar-refractivity contribution in [1.29, 1.82) is 0 Å². The lowest BCUT2D eigenvalue weighted by Gasteiger charge is -2.20. The number of amides is 1. The van der Waals surface area contributed by atoms with Gasteiger partial charge in [0.2, 0.25) is 5.91 Å². The second kappa shape index (κ2) is 10.5. The molecule has 0 radical (unpaired) electrons. The average molecular weight is 380 g/mol. The standard InChI is InChI=1S/C23H28N2O3/c1-16(2)15-22(27)25-20-11-9-18(10-12-20)21(26)13-14-24-17(3)23(28)19-7-5-4-6-8-19/h4-12,15,17,23-24,28H,13-14H2,1-3H3,(H,25,27). The highest BCUT2D eigenvalue weighted by atomic mass is 16.3. The SMILES string of the molecule is CC(C)=CC(=O)Nc1ccc(C(=O)CCNC(C)C(O)c2ccccc2)cc1. The van der Waals surface area contributed by atoms with Crippen LogP contribution >= 0.6 is 0 Å². The summed E-state index contributed by atoms with van der Waals surface area (Å²) in [6.45, 7) is 6.08. The molecule has 2 rings (SSSR count). The van der Waals surface area contributed by atoms with E-state index < -0.39 is 6.10 Å². The minimum absolute atomic E-state index is 0.0103. The van der Waals surface area contributed by atoms with Gasteiger partial charge in [-0.15, -0.1) is 0 Å². The molecule has 0 spiro atoms. The number of aliphatic hydroxyl groups excluding tert-OH is 1. The molecule has 28 heavy (non-hydrogen) atoms. The van der Waals surface area contributed by atoms with Crippen molar-refractivity contribution in [2.45, 2.75) is 39.3 Å². The number of allylic oxidation sites excluding steroid dienone is 1. The minimum Gasteiger partial charge on any atom is -0.387 e. The van der Waals surface area contributed by atoms with Crippen LogP contribution < -0.4 is 10.6 Å². The van der Waals surface area contributed by atoms with Crippen LogP contribution in [-0.2, 0) is 4.79 Å². The molecular formula is C23H28N2O3. The maximum absolute atomic E-state index is 12.3. The van der Waals surface area contributed by atoms with Gasteiger partial charge in [0.05, 0.1) is 6.10 Å². The third-order valence-electron chi connectivity index (χ3n) is 4.33. The Morgan fingerprint density at radius 1 is 1.04 bits per heavy atom. The number of rotatable bonds is 9. The van der Waals surface area contributed by atoms with Crippen LogP contribution in [0.2, 0.25) is 0 Å². The fourth-order valence-electron chi connectivity index (χ4n) is 2.79. The highest BCUT2D eigenvalue weighted by Gasteiger charge is 2.16. The van der Waals surface area contributed by atoms with Crippen molar-refractivity contribution >= 4 is 17.4 Å². The lowest BCUT2D eigenvalue weighted by Crippen LogP contribution is -2.33. The number of anilines is 1. The van der Waals surface area contributed by atoms with Crippen LogP contribution in [0.15, 0.2) is 66.2 Å². The first-order valence-electron chi connectivity index (χ1n) is 9.42. The Kier molecular flexibility index (Phi) is 8.11. The molecule has 148 valence electrons. The van der Waals surface area contributed by atoms with Gasteiger partial charge in [0.15, 0.2) is 5.78 Å². The van der Waals surface area contributed by atoms with E-state index in [4.69, 9.17) is 0 Å². The third kappa shape index (κ3) is 6.76. The Morgan fingerprint density at radius 3 is 2.29 bits per heavy atom. The van der Waals surface area contributed by atoms with Crippen molar-refractivity contribution in [3.05, 3.63) is 77.4 Å². The lowest BCUT2D eigenvalue weighted by atomic mass is 10.0. The topological polar surface area (TPSA) is 78.4 Å². The second-order valence-corrected chi connectivity index (χ2v) is 7.06. The van der Waals surface area contributed by atoms with E-state index in [0.29, 0.717) is 24.2 Å². The van der Waals surface area contributed by atoms with Gasteiger partial charge in [0.25, 0.3) is 0 Å². The Labute approximate surface area is 166 Å². The molecule has 0 bridgehead atoms. The zero-order valence-electron chi connectivity index (χ0n) is 16.6. The zero-order chi connectivity index (χ0) is 20.5. The fourth-order valence-corrected chi connectivity index (χ4v) is 2.79. The number of Topliss-reactive ketones (excluding diaryl/α,β-unsaturated/α-hetero) is 1. The van der Waals surface area contributed by atoms with Gasteiger partial charge >= 0.3 is 0 Å². The van der Waals surface area contributed by atoms with E-state index in [1.807, 2.05) is 51.1 Å². The van der Waals surface area contributed by atoms with E-state index in [0.717, 1.165) is 11.1 Å². The summed E-state index contributed by atoms with van der Waals surface area (Å²) >= 11 is 0. The number of ketones is 1. The molecule has 2 aromatic rings. The molecule has 0 aliphatic rings. The molecule has 0 aliphatic carbocycles. The molecule has 0 saturated heterocycles. The van der Waals surface area contributed by atoms with Crippen molar-refractivity contribution in [3.63, 3.8) is 0 Å². The normalized spacial score (nSPS) is 12.7. The molecule has 0 aliphatic heterocycles. The summed E-state index contributed by atoms with van der Waals surface area (Å²) in [6.07, 6.45) is 1.23. The summed E-state index contributed by atoms with van der Waals surface area (Å²) < 4.78 is 0. The van der Waals surface area contributed by atoms with E-state index in [1.165, 1.54) is 6.08 Å². The number of benzene rings is 2. The van der Waals surface area contributed by atoms with E-state index in [-0.39, 0.29) is 17.7 Å². The predicted octanol–water partition coefficient (Wildman–Crippen LogP) is 3.88. The van der Waals surface area contributed by atoms with Gasteiger partial charge in [0.1, 0.15) is 0 Å². The monoisotopic (exact) mass is 380 g/mol. The van der Waals surface area contributed by atoms with Gasteiger partial charge in [-0.2, -0.15) is 0 Å². The molecule has 1 amide bonds. The summed E-state index contributed by atoms with van der Waals surface area (Å²) in [6, 6.07) is 16.1. The molecule has 0 aromatic heterocycles. The molecule has 5 heteroatoms. The number of hydrogen-bond acceptors (Lipinski definition) is 4. The smallest absolute Gasteiger partial charge is 0.248 e. The van der Waals surface area contributed by atoms with Crippen LogP contribution in [0.3, 0.4) is 0 Å². The Hall–Kier alpha value is -2.76. The van der Waals surface area contributed by atoms with Gasteiger partial charge in [-0.25, -0.2) is 0 Å². The summed E-state index contributed by atoms with van der Waals surface area (Å²) in [7, 11) is 0. The van der Waals surface area contributed by atoms with Crippen LogP contribution in [0.4, 0.5) is 5.69 Å². The molecule has 0 heterocycles.